The maximum Gasteiger partial charge on any atom is 0.0340 e. The van der Waals surface area contributed by atoms with Gasteiger partial charge in [-0.1, -0.05) is 18.2 Å². The molecule has 0 bridgehead atoms. The molecular weight excluding hydrogens is 208 g/mol. The minimum Gasteiger partial charge on any atom is -0.385 e. The van der Waals surface area contributed by atoms with Gasteiger partial charge in [-0.15, -0.1) is 0 Å². The van der Waals surface area contributed by atoms with Crippen LogP contribution in [0.5, 0.6) is 0 Å². The predicted molar refractivity (Wildman–Crippen MR) is 72.1 cm³/mol. The zero-order chi connectivity index (χ0) is 11.8. The van der Waals surface area contributed by atoms with Crippen molar-refractivity contribution in [3.05, 3.63) is 60.4 Å². The minimum absolute atomic E-state index is 1.04. The van der Waals surface area contributed by atoms with Gasteiger partial charge in [0.2, 0.25) is 0 Å². The van der Waals surface area contributed by atoms with Gasteiger partial charge in [0.25, 0.3) is 0 Å². The fraction of sp³-hybridized carbons (Fsp3) is 0.267. The first-order chi connectivity index (χ1) is 8.45. The lowest BCUT2D eigenvalue weighted by Crippen LogP contribution is -2.01. The monoisotopic (exact) mass is 226 g/mol. The average molecular weight is 226 g/mol. The molecule has 0 amide bonds. The van der Waals surface area contributed by atoms with E-state index in [0.29, 0.717) is 0 Å². The second kappa shape index (κ2) is 6.69. The number of nitrogens with one attached hydrogen (secondary N) is 1. The molecule has 0 fully saturated rings. The SMILES string of the molecule is c1ccc(NCCCCc2ccncc2)cc1. The van der Waals surface area contributed by atoms with E-state index in [4.69, 9.17) is 0 Å². The first-order valence-electron chi connectivity index (χ1n) is 6.13. The van der Waals surface area contributed by atoms with Crippen LogP contribution >= 0.6 is 0 Å². The molecule has 0 aliphatic carbocycles. The van der Waals surface area contributed by atoms with Gasteiger partial charge in [-0.05, 0) is 49.1 Å². The molecule has 0 saturated heterocycles. The lowest BCUT2D eigenvalue weighted by molar-refractivity contribution is 0.762. The Balaban J connectivity index is 1.61. The number of nitrogens with zero attached hydrogens (tertiary/aromatic N) is 1. The van der Waals surface area contributed by atoms with Gasteiger partial charge >= 0.3 is 0 Å². The molecular formula is C15H18N2. The number of anilines is 1. The van der Waals surface area contributed by atoms with Crippen LogP contribution in [0.1, 0.15) is 18.4 Å². The summed E-state index contributed by atoms with van der Waals surface area (Å²) >= 11 is 0. The third-order valence-corrected chi connectivity index (χ3v) is 2.74. The van der Waals surface area contributed by atoms with Gasteiger partial charge in [0.1, 0.15) is 0 Å². The zero-order valence-electron chi connectivity index (χ0n) is 9.97. The first kappa shape index (κ1) is 11.6. The number of pyridine rings is 1. The van der Waals surface area contributed by atoms with E-state index < -0.39 is 0 Å². The Kier molecular flexibility index (Phi) is 4.58. The Labute approximate surface area is 103 Å². The van der Waals surface area contributed by atoms with Crippen molar-refractivity contribution in [2.45, 2.75) is 19.3 Å². The molecule has 0 radical (unpaired) electrons. The number of para-hydroxylation sites is 1. The summed E-state index contributed by atoms with van der Waals surface area (Å²) in [5.41, 5.74) is 2.58. The van der Waals surface area contributed by atoms with Crippen LogP contribution in [0.2, 0.25) is 0 Å². The molecule has 0 unspecified atom stereocenters. The van der Waals surface area contributed by atoms with Crippen LogP contribution in [0.4, 0.5) is 5.69 Å². The molecule has 2 nitrogen and oxygen atoms in total. The number of hydrogen-bond acceptors (Lipinski definition) is 2. The Morgan fingerprint density at radius 2 is 1.65 bits per heavy atom. The van der Waals surface area contributed by atoms with Gasteiger partial charge in [-0.2, -0.15) is 0 Å². The van der Waals surface area contributed by atoms with Crippen molar-refractivity contribution in [2.75, 3.05) is 11.9 Å². The molecule has 1 N–H and O–H groups in total. The maximum atomic E-state index is 4.02. The van der Waals surface area contributed by atoms with Crippen molar-refractivity contribution in [2.24, 2.45) is 0 Å². The zero-order valence-corrected chi connectivity index (χ0v) is 9.97. The number of unbranched alkanes of at least 4 members (excludes halogenated alkanes) is 1. The summed E-state index contributed by atoms with van der Waals surface area (Å²) in [6, 6.07) is 14.5. The van der Waals surface area contributed by atoms with E-state index in [0.717, 1.165) is 13.0 Å². The van der Waals surface area contributed by atoms with Crippen molar-refractivity contribution in [3.8, 4) is 0 Å². The number of benzene rings is 1. The molecule has 1 aromatic carbocycles. The standard InChI is InChI=1S/C15H18N2/c1-2-7-15(8-3-1)17-11-5-4-6-14-9-12-16-13-10-14/h1-3,7-10,12-13,17H,4-6,11H2. The van der Waals surface area contributed by atoms with Crippen molar-refractivity contribution in [1.82, 2.24) is 4.98 Å². The van der Waals surface area contributed by atoms with Gasteiger partial charge in [0, 0.05) is 24.6 Å². The largest absolute Gasteiger partial charge is 0.385 e. The van der Waals surface area contributed by atoms with Crippen molar-refractivity contribution >= 4 is 5.69 Å². The third-order valence-electron chi connectivity index (χ3n) is 2.74. The molecule has 2 heteroatoms. The normalized spacial score (nSPS) is 10.1. The molecule has 2 rings (SSSR count). The quantitative estimate of drug-likeness (QED) is 0.762. The number of rotatable bonds is 6. The van der Waals surface area contributed by atoms with E-state index >= 15 is 0 Å². The maximum absolute atomic E-state index is 4.02. The molecule has 0 aliphatic heterocycles. The van der Waals surface area contributed by atoms with Crippen LogP contribution in [-0.4, -0.2) is 11.5 Å². The van der Waals surface area contributed by atoms with Crippen molar-refractivity contribution in [1.29, 1.82) is 0 Å². The van der Waals surface area contributed by atoms with Crippen LogP contribution in [-0.2, 0) is 6.42 Å². The molecule has 0 spiro atoms. The summed E-state index contributed by atoms with van der Waals surface area (Å²) in [7, 11) is 0. The van der Waals surface area contributed by atoms with E-state index in [1.807, 2.05) is 18.5 Å². The summed E-state index contributed by atoms with van der Waals surface area (Å²) in [4.78, 5) is 4.02. The van der Waals surface area contributed by atoms with E-state index in [9.17, 15) is 0 Å². The van der Waals surface area contributed by atoms with Crippen LogP contribution in [0.25, 0.3) is 0 Å². The van der Waals surface area contributed by atoms with Crippen molar-refractivity contribution < 1.29 is 0 Å². The number of aryl methyl sites for hydroxylation is 1. The lowest BCUT2D eigenvalue weighted by atomic mass is 10.1. The molecule has 0 saturated carbocycles. The van der Waals surface area contributed by atoms with Gasteiger partial charge in [0.15, 0.2) is 0 Å². The fourth-order valence-corrected chi connectivity index (χ4v) is 1.79. The molecule has 17 heavy (non-hydrogen) atoms. The number of hydrogen-bond donors (Lipinski definition) is 1. The summed E-state index contributed by atoms with van der Waals surface area (Å²) < 4.78 is 0. The Bertz CT molecular complexity index is 370. The smallest absolute Gasteiger partial charge is 0.0340 e. The summed E-state index contributed by atoms with van der Waals surface area (Å²) in [5.74, 6) is 0. The number of aromatic nitrogens is 1. The topological polar surface area (TPSA) is 24.9 Å². The summed E-state index contributed by atoms with van der Waals surface area (Å²) in [5, 5.41) is 3.42. The molecule has 0 aliphatic rings. The second-order valence-electron chi connectivity index (χ2n) is 4.11. The highest BCUT2D eigenvalue weighted by molar-refractivity contribution is 5.42. The minimum atomic E-state index is 1.04. The highest BCUT2D eigenvalue weighted by Gasteiger charge is 1.93. The van der Waals surface area contributed by atoms with E-state index in [1.54, 1.807) is 0 Å². The van der Waals surface area contributed by atoms with Crippen LogP contribution in [0.15, 0.2) is 54.9 Å². The van der Waals surface area contributed by atoms with Gasteiger partial charge in [0.05, 0.1) is 0 Å². The van der Waals surface area contributed by atoms with Gasteiger partial charge in [-0.25, -0.2) is 0 Å². The van der Waals surface area contributed by atoms with E-state index in [1.165, 1.54) is 24.1 Å². The van der Waals surface area contributed by atoms with E-state index in [2.05, 4.69) is 46.7 Å². The Morgan fingerprint density at radius 3 is 2.41 bits per heavy atom. The molecule has 0 atom stereocenters. The highest BCUT2D eigenvalue weighted by Crippen LogP contribution is 2.07. The lowest BCUT2D eigenvalue weighted by Gasteiger charge is -2.05. The first-order valence-corrected chi connectivity index (χ1v) is 6.13. The van der Waals surface area contributed by atoms with Crippen LogP contribution in [0.3, 0.4) is 0 Å². The highest BCUT2D eigenvalue weighted by atomic mass is 14.9. The molecule has 1 aromatic heterocycles. The third kappa shape index (κ3) is 4.27. The average Bonchev–Trinajstić information content (AvgIpc) is 2.41. The second-order valence-corrected chi connectivity index (χ2v) is 4.11. The van der Waals surface area contributed by atoms with Crippen LogP contribution < -0.4 is 5.32 Å². The molecule has 1 heterocycles. The predicted octanol–water partition coefficient (Wildman–Crippen LogP) is 3.52. The molecule has 88 valence electrons. The summed E-state index contributed by atoms with van der Waals surface area (Å²) in [6.45, 7) is 1.04. The Morgan fingerprint density at radius 1 is 0.882 bits per heavy atom. The summed E-state index contributed by atoms with van der Waals surface area (Å²) in [6.07, 6.45) is 7.26. The van der Waals surface area contributed by atoms with Crippen molar-refractivity contribution in [3.63, 3.8) is 0 Å². The Hall–Kier alpha value is -1.83. The van der Waals surface area contributed by atoms with Gasteiger partial charge in [-0.3, -0.25) is 4.98 Å². The van der Waals surface area contributed by atoms with Gasteiger partial charge < -0.3 is 5.32 Å². The fourth-order valence-electron chi connectivity index (χ4n) is 1.79. The van der Waals surface area contributed by atoms with E-state index in [-0.39, 0.29) is 0 Å². The molecule has 2 aromatic rings. The van der Waals surface area contributed by atoms with Crippen LogP contribution in [0, 0.1) is 0 Å².